The van der Waals surface area contributed by atoms with Crippen molar-refractivity contribution in [3.63, 3.8) is 0 Å². The van der Waals surface area contributed by atoms with Crippen LogP contribution in [-0.4, -0.2) is 23.8 Å². The van der Waals surface area contributed by atoms with Gasteiger partial charge in [-0.15, -0.1) is 0 Å². The maximum atomic E-state index is 5.91. The van der Waals surface area contributed by atoms with Crippen LogP contribution in [0.1, 0.15) is 33.1 Å². The number of ether oxygens (including phenoxy) is 1. The second-order valence-corrected chi connectivity index (χ2v) is 6.37. The summed E-state index contributed by atoms with van der Waals surface area (Å²) in [4.78, 5) is 0. The quantitative estimate of drug-likeness (QED) is 0.904. The van der Waals surface area contributed by atoms with Gasteiger partial charge in [0.05, 0.1) is 11.6 Å². The molecule has 1 atom stereocenters. The van der Waals surface area contributed by atoms with Gasteiger partial charge >= 0.3 is 0 Å². The number of piperidine rings is 1. The first kappa shape index (κ1) is 14.5. The molecule has 0 aliphatic carbocycles. The van der Waals surface area contributed by atoms with E-state index >= 15 is 0 Å². The summed E-state index contributed by atoms with van der Waals surface area (Å²) in [5, 5.41) is 4.73. The number of hydrogen-bond acceptors (Lipinski definition) is 2. The molecule has 1 saturated heterocycles. The van der Waals surface area contributed by atoms with Crippen LogP contribution >= 0.6 is 0 Å². The molecule has 0 amide bonds. The first-order valence-electron chi connectivity index (χ1n) is 8.19. The smallest absolute Gasteiger partial charge is 0.129 e. The summed E-state index contributed by atoms with van der Waals surface area (Å²) in [6.45, 7) is 7.62. The summed E-state index contributed by atoms with van der Waals surface area (Å²) in [6, 6.07) is 8.55. The third-order valence-corrected chi connectivity index (χ3v) is 4.31. The van der Waals surface area contributed by atoms with Crippen LogP contribution in [0.4, 0.5) is 0 Å². The molecule has 3 heteroatoms. The maximum Gasteiger partial charge on any atom is 0.129 e. The van der Waals surface area contributed by atoms with Gasteiger partial charge in [0.25, 0.3) is 0 Å². The van der Waals surface area contributed by atoms with E-state index in [4.69, 9.17) is 4.74 Å². The zero-order chi connectivity index (χ0) is 14.7. The van der Waals surface area contributed by atoms with Crippen molar-refractivity contribution in [3.8, 4) is 5.75 Å². The molecule has 2 aromatic rings. The number of aromatic nitrogens is 1. The summed E-state index contributed by atoms with van der Waals surface area (Å²) in [7, 11) is 0. The minimum Gasteiger partial charge on any atom is -0.490 e. The van der Waals surface area contributed by atoms with Gasteiger partial charge in [-0.25, -0.2) is 0 Å². The van der Waals surface area contributed by atoms with Gasteiger partial charge in [-0.2, -0.15) is 0 Å². The van der Waals surface area contributed by atoms with Crippen LogP contribution in [0.15, 0.2) is 30.5 Å². The Kier molecular flexibility index (Phi) is 4.49. The average Bonchev–Trinajstić information content (AvgIpc) is 2.90. The second-order valence-electron chi connectivity index (χ2n) is 6.37. The predicted molar refractivity (Wildman–Crippen MR) is 87.9 cm³/mol. The van der Waals surface area contributed by atoms with E-state index in [1.165, 1.54) is 43.3 Å². The van der Waals surface area contributed by atoms with Crippen molar-refractivity contribution in [1.82, 2.24) is 9.88 Å². The molecule has 2 heterocycles. The van der Waals surface area contributed by atoms with Crippen molar-refractivity contribution in [3.05, 3.63) is 30.5 Å². The van der Waals surface area contributed by atoms with E-state index in [1.807, 2.05) is 0 Å². The molecule has 0 radical (unpaired) electrons. The highest BCUT2D eigenvalue weighted by Gasteiger charge is 2.14. The number of aryl methyl sites for hydroxylation is 1. The van der Waals surface area contributed by atoms with Crippen LogP contribution in [0.3, 0.4) is 0 Å². The molecule has 0 spiro atoms. The molecular formula is C18H26N2O. The van der Waals surface area contributed by atoms with Crippen molar-refractivity contribution in [2.24, 2.45) is 5.92 Å². The van der Waals surface area contributed by atoms with E-state index in [1.54, 1.807) is 0 Å². The average molecular weight is 286 g/mol. The first-order chi connectivity index (χ1) is 10.2. The molecule has 1 aliphatic heterocycles. The maximum absolute atomic E-state index is 5.91. The zero-order valence-electron chi connectivity index (χ0n) is 13.1. The molecule has 21 heavy (non-hydrogen) atoms. The van der Waals surface area contributed by atoms with Crippen LogP contribution in [-0.2, 0) is 6.54 Å². The van der Waals surface area contributed by atoms with Gasteiger partial charge in [-0.1, -0.05) is 6.07 Å². The SMILES string of the molecule is CC(C)Oc1cccc2c1ccn2CCC1CCCNC1. The molecule has 1 aliphatic rings. The van der Waals surface area contributed by atoms with Gasteiger partial charge in [-0.05, 0) is 70.3 Å². The normalized spacial score (nSPS) is 19.3. The summed E-state index contributed by atoms with van der Waals surface area (Å²) >= 11 is 0. The van der Waals surface area contributed by atoms with E-state index in [0.717, 1.165) is 18.2 Å². The Morgan fingerprint density at radius 2 is 2.24 bits per heavy atom. The van der Waals surface area contributed by atoms with Gasteiger partial charge in [-0.3, -0.25) is 0 Å². The van der Waals surface area contributed by atoms with Crippen molar-refractivity contribution in [2.45, 2.75) is 45.8 Å². The number of hydrogen-bond donors (Lipinski definition) is 1. The van der Waals surface area contributed by atoms with E-state index in [0.29, 0.717) is 0 Å². The fourth-order valence-electron chi connectivity index (χ4n) is 3.24. The summed E-state index contributed by atoms with van der Waals surface area (Å²) < 4.78 is 8.28. The fourth-order valence-corrected chi connectivity index (χ4v) is 3.24. The summed E-state index contributed by atoms with van der Waals surface area (Å²) in [6.07, 6.45) is 6.37. The largest absolute Gasteiger partial charge is 0.490 e. The van der Waals surface area contributed by atoms with Crippen LogP contribution < -0.4 is 10.1 Å². The van der Waals surface area contributed by atoms with Crippen LogP contribution in [0.25, 0.3) is 10.9 Å². The molecule has 0 bridgehead atoms. The molecule has 3 nitrogen and oxygen atoms in total. The summed E-state index contributed by atoms with van der Waals surface area (Å²) in [5.74, 6) is 1.83. The van der Waals surface area contributed by atoms with E-state index in [2.05, 4.69) is 54.2 Å². The molecule has 114 valence electrons. The Bertz CT molecular complexity index is 582. The minimum atomic E-state index is 0.215. The number of nitrogens with zero attached hydrogens (tertiary/aromatic N) is 1. The van der Waals surface area contributed by atoms with Gasteiger partial charge in [0.2, 0.25) is 0 Å². The molecule has 1 fully saturated rings. The standard InChI is InChI=1S/C18H26N2O/c1-14(2)21-18-7-3-6-17-16(18)9-12-20(17)11-8-15-5-4-10-19-13-15/h3,6-7,9,12,14-15,19H,4-5,8,10-11,13H2,1-2H3. The number of nitrogens with one attached hydrogen (secondary N) is 1. The Morgan fingerprint density at radius 1 is 1.33 bits per heavy atom. The Balaban J connectivity index is 1.73. The Morgan fingerprint density at radius 3 is 3.00 bits per heavy atom. The van der Waals surface area contributed by atoms with E-state index in [9.17, 15) is 0 Å². The lowest BCUT2D eigenvalue weighted by Crippen LogP contribution is -2.30. The van der Waals surface area contributed by atoms with Crippen molar-refractivity contribution in [1.29, 1.82) is 0 Å². The molecular weight excluding hydrogens is 260 g/mol. The Hall–Kier alpha value is -1.48. The molecule has 1 aromatic carbocycles. The topological polar surface area (TPSA) is 26.2 Å². The van der Waals surface area contributed by atoms with Gasteiger partial charge in [0, 0.05) is 18.1 Å². The first-order valence-corrected chi connectivity index (χ1v) is 8.19. The van der Waals surface area contributed by atoms with Crippen molar-refractivity contribution < 1.29 is 4.74 Å². The second kappa shape index (κ2) is 6.52. The lowest BCUT2D eigenvalue weighted by atomic mass is 9.96. The third-order valence-electron chi connectivity index (χ3n) is 4.31. The third kappa shape index (κ3) is 3.41. The molecule has 3 rings (SSSR count). The van der Waals surface area contributed by atoms with Crippen molar-refractivity contribution in [2.75, 3.05) is 13.1 Å². The van der Waals surface area contributed by atoms with Crippen LogP contribution in [0, 0.1) is 5.92 Å². The lowest BCUT2D eigenvalue weighted by Gasteiger charge is -2.23. The number of fused-ring (bicyclic) bond motifs is 1. The van der Waals surface area contributed by atoms with Crippen LogP contribution in [0.2, 0.25) is 0 Å². The molecule has 1 unspecified atom stereocenters. The predicted octanol–water partition coefficient (Wildman–Crippen LogP) is 3.82. The van der Waals surface area contributed by atoms with Crippen LogP contribution in [0.5, 0.6) is 5.75 Å². The zero-order valence-corrected chi connectivity index (χ0v) is 13.1. The fraction of sp³-hybridized carbons (Fsp3) is 0.556. The highest BCUT2D eigenvalue weighted by Crippen LogP contribution is 2.28. The van der Waals surface area contributed by atoms with Gasteiger partial charge in [0.15, 0.2) is 0 Å². The monoisotopic (exact) mass is 286 g/mol. The number of benzene rings is 1. The molecule has 0 saturated carbocycles. The minimum absolute atomic E-state index is 0.215. The van der Waals surface area contributed by atoms with Gasteiger partial charge in [0.1, 0.15) is 5.75 Å². The van der Waals surface area contributed by atoms with Gasteiger partial charge < -0.3 is 14.6 Å². The number of rotatable bonds is 5. The highest BCUT2D eigenvalue weighted by atomic mass is 16.5. The molecule has 1 aromatic heterocycles. The lowest BCUT2D eigenvalue weighted by molar-refractivity contribution is 0.245. The molecule has 1 N–H and O–H groups in total. The van der Waals surface area contributed by atoms with E-state index in [-0.39, 0.29) is 6.10 Å². The van der Waals surface area contributed by atoms with E-state index < -0.39 is 0 Å². The van der Waals surface area contributed by atoms with Crippen molar-refractivity contribution >= 4 is 10.9 Å². The highest BCUT2D eigenvalue weighted by molar-refractivity contribution is 5.86. The summed E-state index contributed by atoms with van der Waals surface area (Å²) in [5.41, 5.74) is 1.29. The Labute approximate surface area is 127 Å².